The zero-order chi connectivity index (χ0) is 15.8. The molecule has 0 heterocycles. The van der Waals surface area contributed by atoms with E-state index in [1.54, 1.807) is 0 Å². The normalized spacial score (nSPS) is 14.3. The van der Waals surface area contributed by atoms with E-state index >= 15 is 0 Å². The first-order valence-electron chi connectivity index (χ1n) is 8.28. The van der Waals surface area contributed by atoms with E-state index in [0.29, 0.717) is 52.2 Å². The molecule has 0 amide bonds. The van der Waals surface area contributed by atoms with Crippen LogP contribution >= 0.6 is 0 Å². The highest BCUT2D eigenvalue weighted by molar-refractivity contribution is 4.66. The second kappa shape index (κ2) is 16.2. The molecule has 21 heavy (non-hydrogen) atoms. The summed E-state index contributed by atoms with van der Waals surface area (Å²) in [6.45, 7) is 11.5. The molecule has 2 atom stereocenters. The minimum atomic E-state index is 0.117. The molecule has 128 valence electrons. The Bertz CT molecular complexity index is 205. The van der Waals surface area contributed by atoms with Crippen molar-refractivity contribution in [1.82, 2.24) is 0 Å². The van der Waals surface area contributed by atoms with Gasteiger partial charge >= 0.3 is 0 Å². The van der Waals surface area contributed by atoms with Crippen molar-refractivity contribution in [1.29, 1.82) is 0 Å². The molecular weight excluding hydrogens is 270 g/mol. The molecule has 0 aromatic carbocycles. The number of ether oxygens (including phenoxy) is 4. The quantitative estimate of drug-likeness (QED) is 0.443. The Morgan fingerprint density at radius 1 is 0.762 bits per heavy atom. The fourth-order valence-electron chi connectivity index (χ4n) is 1.59. The van der Waals surface area contributed by atoms with Crippen LogP contribution in [-0.4, -0.2) is 58.9 Å². The fourth-order valence-corrected chi connectivity index (χ4v) is 1.59. The minimum absolute atomic E-state index is 0.117. The van der Waals surface area contributed by atoms with Gasteiger partial charge < -0.3 is 24.7 Å². The van der Waals surface area contributed by atoms with Crippen LogP contribution in [0.5, 0.6) is 0 Å². The van der Waals surface area contributed by atoms with E-state index in [4.69, 9.17) is 24.7 Å². The summed E-state index contributed by atoms with van der Waals surface area (Å²) >= 11 is 0. The standard InChI is InChI=1S/C16H35NO4/c1-4-6-7-18-8-9-19-10-11-20-12-13-21-14-16(17)15(3)5-2/h15-16H,4-14,17H2,1-3H3. The highest BCUT2D eigenvalue weighted by atomic mass is 16.6. The number of hydrogen-bond acceptors (Lipinski definition) is 5. The van der Waals surface area contributed by atoms with Crippen LogP contribution in [0.3, 0.4) is 0 Å². The third kappa shape index (κ3) is 14.5. The Morgan fingerprint density at radius 2 is 1.24 bits per heavy atom. The van der Waals surface area contributed by atoms with Crippen LogP contribution in [0.15, 0.2) is 0 Å². The van der Waals surface area contributed by atoms with Crippen LogP contribution in [0.25, 0.3) is 0 Å². The molecule has 0 fully saturated rings. The fraction of sp³-hybridized carbons (Fsp3) is 1.00. The Balaban J connectivity index is 3.09. The van der Waals surface area contributed by atoms with Gasteiger partial charge in [-0.1, -0.05) is 33.6 Å². The zero-order valence-electron chi connectivity index (χ0n) is 14.1. The predicted octanol–water partition coefficient (Wildman–Crippen LogP) is 2.23. The summed E-state index contributed by atoms with van der Waals surface area (Å²) in [5.41, 5.74) is 5.97. The van der Waals surface area contributed by atoms with Crippen molar-refractivity contribution in [2.75, 3.05) is 52.9 Å². The van der Waals surface area contributed by atoms with Gasteiger partial charge in [-0.05, 0) is 12.3 Å². The molecule has 5 nitrogen and oxygen atoms in total. The first-order chi connectivity index (χ1) is 10.2. The Hall–Kier alpha value is -0.200. The second-order valence-corrected chi connectivity index (χ2v) is 5.31. The molecule has 0 saturated carbocycles. The molecule has 0 saturated heterocycles. The van der Waals surface area contributed by atoms with E-state index in [-0.39, 0.29) is 6.04 Å². The lowest BCUT2D eigenvalue weighted by molar-refractivity contribution is -0.00464. The van der Waals surface area contributed by atoms with E-state index in [0.717, 1.165) is 19.4 Å². The van der Waals surface area contributed by atoms with Gasteiger partial charge in [-0.15, -0.1) is 0 Å². The van der Waals surface area contributed by atoms with Crippen molar-refractivity contribution < 1.29 is 18.9 Å². The van der Waals surface area contributed by atoms with E-state index in [1.165, 1.54) is 6.42 Å². The smallest absolute Gasteiger partial charge is 0.0701 e. The van der Waals surface area contributed by atoms with Gasteiger partial charge in [0.25, 0.3) is 0 Å². The molecule has 2 unspecified atom stereocenters. The molecular formula is C16H35NO4. The number of nitrogens with two attached hydrogens (primary N) is 1. The van der Waals surface area contributed by atoms with Crippen LogP contribution in [0.2, 0.25) is 0 Å². The predicted molar refractivity (Wildman–Crippen MR) is 85.6 cm³/mol. The maximum Gasteiger partial charge on any atom is 0.0701 e. The van der Waals surface area contributed by atoms with E-state index < -0.39 is 0 Å². The molecule has 0 spiro atoms. The Morgan fingerprint density at radius 3 is 1.71 bits per heavy atom. The highest BCUT2D eigenvalue weighted by Gasteiger charge is 2.09. The van der Waals surface area contributed by atoms with Crippen molar-refractivity contribution in [3.8, 4) is 0 Å². The third-order valence-corrected chi connectivity index (χ3v) is 3.44. The largest absolute Gasteiger partial charge is 0.379 e. The second-order valence-electron chi connectivity index (χ2n) is 5.31. The first kappa shape index (κ1) is 20.8. The lowest BCUT2D eigenvalue weighted by Crippen LogP contribution is -2.33. The van der Waals surface area contributed by atoms with Gasteiger partial charge in [0.05, 0.1) is 46.2 Å². The SMILES string of the molecule is CCCCOCCOCCOCCOCC(N)C(C)CC. The average molecular weight is 305 g/mol. The van der Waals surface area contributed by atoms with Crippen LogP contribution in [0.4, 0.5) is 0 Å². The molecule has 0 radical (unpaired) electrons. The minimum Gasteiger partial charge on any atom is -0.379 e. The summed E-state index contributed by atoms with van der Waals surface area (Å²) in [5.74, 6) is 0.499. The van der Waals surface area contributed by atoms with E-state index in [1.807, 2.05) is 0 Å². The summed E-state index contributed by atoms with van der Waals surface area (Å²) in [5, 5.41) is 0. The summed E-state index contributed by atoms with van der Waals surface area (Å²) in [6.07, 6.45) is 3.36. The van der Waals surface area contributed by atoms with Crippen molar-refractivity contribution >= 4 is 0 Å². The Kier molecular flexibility index (Phi) is 16.0. The lowest BCUT2D eigenvalue weighted by Gasteiger charge is -2.18. The Labute approximate surface area is 130 Å². The lowest BCUT2D eigenvalue weighted by atomic mass is 10.0. The summed E-state index contributed by atoms with van der Waals surface area (Å²) in [7, 11) is 0. The number of hydrogen-bond donors (Lipinski definition) is 1. The highest BCUT2D eigenvalue weighted by Crippen LogP contribution is 2.05. The van der Waals surface area contributed by atoms with E-state index in [9.17, 15) is 0 Å². The van der Waals surface area contributed by atoms with Crippen molar-refractivity contribution in [3.05, 3.63) is 0 Å². The molecule has 0 aromatic heterocycles. The molecule has 0 bridgehead atoms. The number of unbranched alkanes of at least 4 members (excludes halogenated alkanes) is 1. The van der Waals surface area contributed by atoms with Gasteiger partial charge in [0.2, 0.25) is 0 Å². The van der Waals surface area contributed by atoms with Gasteiger partial charge in [0, 0.05) is 12.6 Å². The zero-order valence-corrected chi connectivity index (χ0v) is 14.1. The molecule has 5 heteroatoms. The topological polar surface area (TPSA) is 62.9 Å². The van der Waals surface area contributed by atoms with Crippen LogP contribution in [0.1, 0.15) is 40.0 Å². The average Bonchev–Trinajstić information content (AvgIpc) is 2.50. The van der Waals surface area contributed by atoms with Crippen molar-refractivity contribution in [2.45, 2.75) is 46.1 Å². The summed E-state index contributed by atoms with van der Waals surface area (Å²) in [4.78, 5) is 0. The third-order valence-electron chi connectivity index (χ3n) is 3.44. The van der Waals surface area contributed by atoms with Gasteiger partial charge in [0.15, 0.2) is 0 Å². The summed E-state index contributed by atoms with van der Waals surface area (Å²) < 4.78 is 21.7. The monoisotopic (exact) mass is 305 g/mol. The van der Waals surface area contributed by atoms with Gasteiger partial charge in [-0.2, -0.15) is 0 Å². The molecule has 0 aliphatic rings. The molecule has 0 aliphatic heterocycles. The number of rotatable bonds is 16. The van der Waals surface area contributed by atoms with Crippen LogP contribution < -0.4 is 5.73 Å². The van der Waals surface area contributed by atoms with Crippen LogP contribution in [0, 0.1) is 5.92 Å². The van der Waals surface area contributed by atoms with Crippen LogP contribution in [-0.2, 0) is 18.9 Å². The van der Waals surface area contributed by atoms with Gasteiger partial charge in [0.1, 0.15) is 0 Å². The van der Waals surface area contributed by atoms with Crippen molar-refractivity contribution in [3.63, 3.8) is 0 Å². The first-order valence-corrected chi connectivity index (χ1v) is 8.28. The van der Waals surface area contributed by atoms with Crippen molar-refractivity contribution in [2.24, 2.45) is 11.7 Å². The van der Waals surface area contributed by atoms with Gasteiger partial charge in [-0.3, -0.25) is 0 Å². The van der Waals surface area contributed by atoms with E-state index in [2.05, 4.69) is 20.8 Å². The molecule has 0 aromatic rings. The van der Waals surface area contributed by atoms with Gasteiger partial charge in [-0.25, -0.2) is 0 Å². The maximum absolute atomic E-state index is 5.97. The molecule has 2 N–H and O–H groups in total. The molecule has 0 rings (SSSR count). The molecule has 0 aliphatic carbocycles. The maximum atomic E-state index is 5.97. The summed E-state index contributed by atoms with van der Waals surface area (Å²) in [6, 6.07) is 0.117.